The number of aryl methyl sites for hydroxylation is 1. The molecule has 5 nitrogen and oxygen atoms in total. The smallest absolute Gasteiger partial charge is 0.163 e. The van der Waals surface area contributed by atoms with Gasteiger partial charge in [-0.05, 0) is 37.0 Å². The van der Waals surface area contributed by atoms with Crippen LogP contribution in [-0.4, -0.2) is 32.3 Å². The molecule has 0 spiro atoms. The third-order valence-electron chi connectivity index (χ3n) is 4.54. The number of benzene rings is 1. The molecule has 6 heteroatoms. The summed E-state index contributed by atoms with van der Waals surface area (Å²) in [4.78, 5) is 11.2. The lowest BCUT2D eigenvalue weighted by molar-refractivity contribution is 0.623. The number of nitrogens with zero attached hydrogens (tertiary/aromatic N) is 5. The van der Waals surface area contributed by atoms with E-state index >= 15 is 0 Å². The Balaban J connectivity index is 1.65. The summed E-state index contributed by atoms with van der Waals surface area (Å²) in [5.41, 5.74) is 2.00. The minimum Gasteiger partial charge on any atom is -0.353 e. The highest BCUT2D eigenvalue weighted by Crippen LogP contribution is 2.30. The second kappa shape index (κ2) is 5.61. The highest BCUT2D eigenvalue weighted by atomic mass is 19.1. The standard InChI is InChI=1S/C17H18FN5/c1-22-16-15(10-21-22)17(20-11-19-16)23-8-2-3-14(23)9-12-4-6-13(18)7-5-12/h4-7,10-11,14H,2-3,8-9H2,1H3/t14-/m1/s1. The monoisotopic (exact) mass is 311 g/mol. The third-order valence-corrected chi connectivity index (χ3v) is 4.54. The van der Waals surface area contributed by atoms with E-state index in [1.807, 2.05) is 25.4 Å². The summed E-state index contributed by atoms with van der Waals surface area (Å²) in [6.07, 6.45) is 6.58. The van der Waals surface area contributed by atoms with Gasteiger partial charge in [0.1, 0.15) is 18.0 Å². The lowest BCUT2D eigenvalue weighted by Crippen LogP contribution is -2.31. The van der Waals surface area contributed by atoms with Crippen molar-refractivity contribution in [3.63, 3.8) is 0 Å². The van der Waals surface area contributed by atoms with Gasteiger partial charge in [-0.1, -0.05) is 12.1 Å². The number of rotatable bonds is 3. The minimum atomic E-state index is -0.190. The Bertz CT molecular complexity index is 827. The predicted octanol–water partition coefficient (Wildman–Crippen LogP) is 2.71. The predicted molar refractivity (Wildman–Crippen MR) is 86.8 cm³/mol. The molecule has 2 aromatic heterocycles. The second-order valence-corrected chi connectivity index (χ2v) is 6.02. The average molecular weight is 311 g/mol. The molecule has 1 aliphatic heterocycles. The van der Waals surface area contributed by atoms with Crippen LogP contribution in [0.25, 0.3) is 11.0 Å². The lowest BCUT2D eigenvalue weighted by Gasteiger charge is -2.26. The first-order chi connectivity index (χ1) is 11.2. The minimum absolute atomic E-state index is 0.190. The SMILES string of the molecule is Cn1ncc2c(N3CCC[C@@H]3Cc3ccc(F)cc3)ncnc21. The van der Waals surface area contributed by atoms with Crippen LogP contribution in [0, 0.1) is 5.82 Å². The fraction of sp³-hybridized carbons (Fsp3) is 0.353. The number of halogens is 1. The zero-order valence-electron chi connectivity index (χ0n) is 13.0. The molecule has 3 aromatic rings. The van der Waals surface area contributed by atoms with E-state index in [4.69, 9.17) is 0 Å². The number of hydrogen-bond donors (Lipinski definition) is 0. The van der Waals surface area contributed by atoms with E-state index in [1.165, 1.54) is 12.1 Å². The number of fused-ring (bicyclic) bond motifs is 1. The highest BCUT2D eigenvalue weighted by Gasteiger charge is 2.27. The molecular weight excluding hydrogens is 293 g/mol. The zero-order chi connectivity index (χ0) is 15.8. The average Bonchev–Trinajstić information content (AvgIpc) is 3.17. The van der Waals surface area contributed by atoms with Crippen molar-refractivity contribution in [3.05, 3.63) is 48.2 Å². The van der Waals surface area contributed by atoms with E-state index in [9.17, 15) is 4.39 Å². The fourth-order valence-corrected chi connectivity index (χ4v) is 3.40. The van der Waals surface area contributed by atoms with Gasteiger partial charge in [0, 0.05) is 19.6 Å². The van der Waals surface area contributed by atoms with Crippen LogP contribution in [0.15, 0.2) is 36.8 Å². The Hall–Kier alpha value is -2.50. The number of hydrogen-bond acceptors (Lipinski definition) is 4. The molecule has 0 aliphatic carbocycles. The molecule has 4 rings (SSSR count). The van der Waals surface area contributed by atoms with Gasteiger partial charge in [-0.3, -0.25) is 4.68 Å². The van der Waals surface area contributed by atoms with Crippen molar-refractivity contribution in [1.29, 1.82) is 0 Å². The Kier molecular flexibility index (Phi) is 3.44. The van der Waals surface area contributed by atoms with Crippen LogP contribution in [0.3, 0.4) is 0 Å². The Labute approximate surface area is 133 Å². The van der Waals surface area contributed by atoms with Gasteiger partial charge in [-0.2, -0.15) is 5.10 Å². The zero-order valence-corrected chi connectivity index (χ0v) is 13.0. The third kappa shape index (κ3) is 2.54. The summed E-state index contributed by atoms with van der Waals surface area (Å²) in [7, 11) is 1.89. The highest BCUT2D eigenvalue weighted by molar-refractivity contribution is 5.86. The van der Waals surface area contributed by atoms with E-state index in [1.54, 1.807) is 11.0 Å². The molecule has 0 radical (unpaired) electrons. The summed E-state index contributed by atoms with van der Waals surface area (Å²) in [6, 6.07) is 7.16. The van der Waals surface area contributed by atoms with Crippen molar-refractivity contribution in [2.24, 2.45) is 7.05 Å². The van der Waals surface area contributed by atoms with Gasteiger partial charge in [-0.15, -0.1) is 0 Å². The van der Waals surface area contributed by atoms with Gasteiger partial charge in [0.25, 0.3) is 0 Å². The van der Waals surface area contributed by atoms with Gasteiger partial charge in [0.15, 0.2) is 5.65 Å². The molecule has 1 aliphatic rings. The van der Waals surface area contributed by atoms with Crippen molar-refractivity contribution >= 4 is 16.9 Å². The first kappa shape index (κ1) is 14.1. The van der Waals surface area contributed by atoms with Gasteiger partial charge < -0.3 is 4.90 Å². The maximum atomic E-state index is 13.1. The lowest BCUT2D eigenvalue weighted by atomic mass is 10.0. The van der Waals surface area contributed by atoms with E-state index in [2.05, 4.69) is 20.0 Å². The molecule has 0 saturated carbocycles. The molecule has 1 saturated heterocycles. The number of aromatic nitrogens is 4. The molecule has 1 atom stereocenters. The maximum Gasteiger partial charge on any atom is 0.163 e. The first-order valence-corrected chi connectivity index (χ1v) is 7.86. The van der Waals surface area contributed by atoms with Gasteiger partial charge in [-0.25, -0.2) is 14.4 Å². The Morgan fingerprint density at radius 3 is 2.87 bits per heavy atom. The summed E-state index contributed by atoms with van der Waals surface area (Å²) < 4.78 is 14.9. The quantitative estimate of drug-likeness (QED) is 0.746. The topological polar surface area (TPSA) is 46.8 Å². The summed E-state index contributed by atoms with van der Waals surface area (Å²) in [6.45, 7) is 0.979. The normalized spacial score (nSPS) is 18.0. The van der Waals surface area contributed by atoms with Gasteiger partial charge in [0.2, 0.25) is 0 Å². The van der Waals surface area contributed by atoms with E-state index in [0.717, 1.165) is 48.2 Å². The molecule has 0 bridgehead atoms. The van der Waals surface area contributed by atoms with Crippen LogP contribution in [0.4, 0.5) is 10.2 Å². The molecule has 0 amide bonds. The van der Waals surface area contributed by atoms with Crippen molar-refractivity contribution in [1.82, 2.24) is 19.7 Å². The van der Waals surface area contributed by atoms with Crippen molar-refractivity contribution in [3.8, 4) is 0 Å². The van der Waals surface area contributed by atoms with Crippen LogP contribution >= 0.6 is 0 Å². The summed E-state index contributed by atoms with van der Waals surface area (Å²) >= 11 is 0. The summed E-state index contributed by atoms with van der Waals surface area (Å²) in [5.74, 6) is 0.762. The van der Waals surface area contributed by atoms with E-state index in [-0.39, 0.29) is 5.82 Å². The molecule has 118 valence electrons. The second-order valence-electron chi connectivity index (χ2n) is 6.02. The largest absolute Gasteiger partial charge is 0.353 e. The molecule has 0 unspecified atom stereocenters. The van der Waals surface area contributed by atoms with Crippen LogP contribution in [0.2, 0.25) is 0 Å². The molecule has 3 heterocycles. The maximum absolute atomic E-state index is 13.1. The van der Waals surface area contributed by atoms with Crippen molar-refractivity contribution < 1.29 is 4.39 Å². The Morgan fingerprint density at radius 2 is 2.04 bits per heavy atom. The Morgan fingerprint density at radius 1 is 1.22 bits per heavy atom. The summed E-state index contributed by atoms with van der Waals surface area (Å²) in [5, 5.41) is 5.28. The molecule has 1 aromatic carbocycles. The van der Waals surface area contributed by atoms with Crippen LogP contribution < -0.4 is 4.90 Å². The molecule has 23 heavy (non-hydrogen) atoms. The molecule has 0 N–H and O–H groups in total. The fourth-order valence-electron chi connectivity index (χ4n) is 3.40. The molecule has 1 fully saturated rings. The van der Waals surface area contributed by atoms with Gasteiger partial charge >= 0.3 is 0 Å². The van der Waals surface area contributed by atoms with E-state index in [0.29, 0.717) is 6.04 Å². The molecular formula is C17H18FN5. The van der Waals surface area contributed by atoms with Crippen LogP contribution in [0.5, 0.6) is 0 Å². The van der Waals surface area contributed by atoms with E-state index < -0.39 is 0 Å². The number of anilines is 1. The van der Waals surface area contributed by atoms with Crippen molar-refractivity contribution in [2.75, 3.05) is 11.4 Å². The van der Waals surface area contributed by atoms with Crippen molar-refractivity contribution in [2.45, 2.75) is 25.3 Å². The van der Waals surface area contributed by atoms with Crippen LogP contribution in [-0.2, 0) is 13.5 Å². The van der Waals surface area contributed by atoms with Gasteiger partial charge in [0.05, 0.1) is 11.6 Å². The van der Waals surface area contributed by atoms with Crippen LogP contribution in [0.1, 0.15) is 18.4 Å². The first-order valence-electron chi connectivity index (χ1n) is 7.86.